The number of hydrogen-bond donors (Lipinski definition) is 1. The lowest BCUT2D eigenvalue weighted by atomic mass is 10.0. The van der Waals surface area contributed by atoms with Crippen molar-refractivity contribution < 1.29 is 4.74 Å². The summed E-state index contributed by atoms with van der Waals surface area (Å²) in [5.74, 6) is 1.88. The van der Waals surface area contributed by atoms with Crippen molar-refractivity contribution >= 4 is 5.82 Å². The first kappa shape index (κ1) is 17.1. The molecule has 5 rings (SSSR count). The van der Waals surface area contributed by atoms with E-state index in [1.54, 1.807) is 0 Å². The van der Waals surface area contributed by atoms with Gasteiger partial charge in [-0.25, -0.2) is 9.97 Å². The van der Waals surface area contributed by atoms with Gasteiger partial charge in [0.2, 0.25) is 0 Å². The van der Waals surface area contributed by atoms with Crippen LogP contribution in [0.1, 0.15) is 36.9 Å². The Labute approximate surface area is 160 Å². The number of pyridine rings is 1. The third kappa shape index (κ3) is 3.56. The fourth-order valence-corrected chi connectivity index (χ4v) is 4.59. The van der Waals surface area contributed by atoms with Gasteiger partial charge in [0.15, 0.2) is 5.82 Å². The monoisotopic (exact) mass is 365 g/mol. The third-order valence-electron chi connectivity index (χ3n) is 6.16. The molecule has 0 spiro atoms. The quantitative estimate of drug-likeness (QED) is 0.899. The molecule has 1 atom stereocenters. The smallest absolute Gasteiger partial charge is 0.161 e. The summed E-state index contributed by atoms with van der Waals surface area (Å²) in [5.41, 5.74) is 3.60. The molecule has 2 saturated heterocycles. The first-order valence-corrected chi connectivity index (χ1v) is 10.3. The summed E-state index contributed by atoms with van der Waals surface area (Å²) in [6.45, 7) is 4.13. The van der Waals surface area contributed by atoms with Crippen molar-refractivity contribution in [2.45, 2.75) is 50.6 Å². The zero-order valence-electron chi connectivity index (χ0n) is 15.7. The number of fused-ring (bicyclic) bond motifs is 1. The van der Waals surface area contributed by atoms with E-state index < -0.39 is 0 Å². The van der Waals surface area contributed by atoms with E-state index in [2.05, 4.69) is 15.2 Å². The molecule has 1 aliphatic carbocycles. The minimum Gasteiger partial charge on any atom is -0.380 e. The SMILES string of the molecule is c1cc(-c2nc3c(c(NC4CCN(C5CCOC5)CC4)n2)CCC3)ccn1. The minimum atomic E-state index is 0.494. The Morgan fingerprint density at radius 1 is 1.04 bits per heavy atom. The normalized spacial score (nSPS) is 23.5. The Morgan fingerprint density at radius 3 is 2.67 bits per heavy atom. The predicted molar refractivity (Wildman–Crippen MR) is 105 cm³/mol. The molecule has 6 nitrogen and oxygen atoms in total. The molecule has 0 bridgehead atoms. The molecule has 142 valence electrons. The van der Waals surface area contributed by atoms with Gasteiger partial charge in [0.25, 0.3) is 0 Å². The molecule has 6 heteroatoms. The third-order valence-corrected chi connectivity index (χ3v) is 6.16. The predicted octanol–water partition coefficient (Wildman–Crippen LogP) is 2.69. The molecule has 3 aliphatic rings. The summed E-state index contributed by atoms with van der Waals surface area (Å²) < 4.78 is 5.56. The number of nitrogens with one attached hydrogen (secondary N) is 1. The zero-order chi connectivity index (χ0) is 18.1. The Balaban J connectivity index is 1.32. The summed E-state index contributed by atoms with van der Waals surface area (Å²) in [4.78, 5) is 16.5. The molecule has 0 amide bonds. The second-order valence-corrected chi connectivity index (χ2v) is 7.88. The number of anilines is 1. The molecular formula is C21H27N5O. The van der Waals surface area contributed by atoms with Crippen molar-refractivity contribution in [1.82, 2.24) is 19.9 Å². The van der Waals surface area contributed by atoms with Crippen molar-refractivity contribution in [2.24, 2.45) is 0 Å². The van der Waals surface area contributed by atoms with Gasteiger partial charge < -0.3 is 10.1 Å². The van der Waals surface area contributed by atoms with Crippen LogP contribution in [0.25, 0.3) is 11.4 Å². The van der Waals surface area contributed by atoms with E-state index in [-0.39, 0.29) is 0 Å². The van der Waals surface area contributed by atoms with Crippen LogP contribution in [0.5, 0.6) is 0 Å². The maximum atomic E-state index is 5.56. The van der Waals surface area contributed by atoms with Crippen LogP contribution in [0.2, 0.25) is 0 Å². The van der Waals surface area contributed by atoms with E-state index in [4.69, 9.17) is 14.7 Å². The van der Waals surface area contributed by atoms with Crippen LogP contribution < -0.4 is 5.32 Å². The summed E-state index contributed by atoms with van der Waals surface area (Å²) >= 11 is 0. The van der Waals surface area contributed by atoms with Gasteiger partial charge in [-0.2, -0.15) is 0 Å². The molecule has 2 aromatic rings. The van der Waals surface area contributed by atoms with Gasteiger partial charge >= 0.3 is 0 Å². The first-order valence-electron chi connectivity index (χ1n) is 10.3. The largest absolute Gasteiger partial charge is 0.380 e. The number of piperidine rings is 1. The van der Waals surface area contributed by atoms with Crippen molar-refractivity contribution in [3.05, 3.63) is 35.8 Å². The van der Waals surface area contributed by atoms with E-state index in [1.807, 2.05) is 24.5 Å². The fraction of sp³-hybridized carbons (Fsp3) is 0.571. The highest BCUT2D eigenvalue weighted by Crippen LogP contribution is 2.30. The maximum Gasteiger partial charge on any atom is 0.161 e. The van der Waals surface area contributed by atoms with Crippen molar-refractivity contribution in [1.29, 1.82) is 0 Å². The average molecular weight is 365 g/mol. The van der Waals surface area contributed by atoms with Crippen LogP contribution >= 0.6 is 0 Å². The Morgan fingerprint density at radius 2 is 1.89 bits per heavy atom. The second kappa shape index (κ2) is 7.52. The summed E-state index contributed by atoms with van der Waals surface area (Å²) in [7, 11) is 0. The van der Waals surface area contributed by atoms with Crippen LogP contribution in [0.4, 0.5) is 5.82 Å². The zero-order valence-corrected chi connectivity index (χ0v) is 15.7. The lowest BCUT2D eigenvalue weighted by Gasteiger charge is -2.36. The highest BCUT2D eigenvalue weighted by Gasteiger charge is 2.29. The van der Waals surface area contributed by atoms with Gasteiger partial charge in [0.05, 0.1) is 6.61 Å². The van der Waals surface area contributed by atoms with E-state index in [0.29, 0.717) is 12.1 Å². The molecule has 2 fully saturated rings. The van der Waals surface area contributed by atoms with E-state index in [0.717, 1.165) is 56.4 Å². The standard InChI is InChI=1S/C21H27N5O/c1-2-18-19(3-1)24-20(15-4-9-22-10-5-15)25-21(18)23-16-6-11-26(12-7-16)17-8-13-27-14-17/h4-5,9-10,16-17H,1-3,6-8,11-14H2,(H,23,24,25). The molecule has 0 aromatic carbocycles. The van der Waals surface area contributed by atoms with Crippen LogP contribution in [0.15, 0.2) is 24.5 Å². The van der Waals surface area contributed by atoms with Crippen LogP contribution in [0, 0.1) is 0 Å². The molecule has 0 radical (unpaired) electrons. The average Bonchev–Trinajstić information content (AvgIpc) is 3.41. The summed E-state index contributed by atoms with van der Waals surface area (Å²) in [5, 5.41) is 3.78. The first-order chi connectivity index (χ1) is 13.4. The van der Waals surface area contributed by atoms with E-state index >= 15 is 0 Å². The van der Waals surface area contributed by atoms with Gasteiger partial charge in [-0.15, -0.1) is 0 Å². The van der Waals surface area contributed by atoms with Gasteiger partial charge in [-0.1, -0.05) is 0 Å². The summed E-state index contributed by atoms with van der Waals surface area (Å²) in [6.07, 6.45) is 10.5. The number of ether oxygens (including phenoxy) is 1. The highest BCUT2D eigenvalue weighted by atomic mass is 16.5. The molecule has 2 aromatic heterocycles. The number of rotatable bonds is 4. The topological polar surface area (TPSA) is 63.2 Å². The minimum absolute atomic E-state index is 0.494. The lowest BCUT2D eigenvalue weighted by molar-refractivity contribution is 0.124. The molecule has 1 N–H and O–H groups in total. The fourth-order valence-electron chi connectivity index (χ4n) is 4.59. The number of aryl methyl sites for hydroxylation is 1. The number of nitrogens with zero attached hydrogens (tertiary/aromatic N) is 4. The maximum absolute atomic E-state index is 5.56. The van der Waals surface area contributed by atoms with Crippen molar-refractivity contribution in [3.63, 3.8) is 0 Å². The van der Waals surface area contributed by atoms with E-state index in [1.165, 1.54) is 36.9 Å². The second-order valence-electron chi connectivity index (χ2n) is 7.88. The highest BCUT2D eigenvalue weighted by molar-refractivity contribution is 5.60. The Kier molecular flexibility index (Phi) is 4.76. The molecule has 2 aliphatic heterocycles. The van der Waals surface area contributed by atoms with Crippen molar-refractivity contribution in [3.8, 4) is 11.4 Å². The van der Waals surface area contributed by atoms with Crippen LogP contribution in [-0.4, -0.2) is 58.2 Å². The van der Waals surface area contributed by atoms with Gasteiger partial charge in [-0.05, 0) is 50.7 Å². The lowest BCUT2D eigenvalue weighted by Crippen LogP contribution is -2.45. The molecule has 27 heavy (non-hydrogen) atoms. The Hall–Kier alpha value is -2.05. The molecule has 4 heterocycles. The number of aromatic nitrogens is 3. The number of likely N-dealkylation sites (tertiary alicyclic amines) is 1. The van der Waals surface area contributed by atoms with Gasteiger partial charge in [0, 0.05) is 61.0 Å². The van der Waals surface area contributed by atoms with E-state index in [9.17, 15) is 0 Å². The van der Waals surface area contributed by atoms with Gasteiger partial charge in [0.1, 0.15) is 5.82 Å². The van der Waals surface area contributed by atoms with Gasteiger partial charge in [-0.3, -0.25) is 9.88 Å². The molecule has 0 saturated carbocycles. The van der Waals surface area contributed by atoms with Crippen LogP contribution in [-0.2, 0) is 17.6 Å². The summed E-state index contributed by atoms with van der Waals surface area (Å²) in [6, 6.07) is 5.10. The Bertz CT molecular complexity index is 783. The molecular weight excluding hydrogens is 338 g/mol. The van der Waals surface area contributed by atoms with Crippen molar-refractivity contribution in [2.75, 3.05) is 31.6 Å². The van der Waals surface area contributed by atoms with Crippen LogP contribution in [0.3, 0.4) is 0 Å². The number of hydrogen-bond acceptors (Lipinski definition) is 6. The molecule has 1 unspecified atom stereocenters.